The fourth-order valence-electron chi connectivity index (χ4n) is 4.19. The molecule has 4 N–H and O–H groups in total. The number of nitrogens with one attached hydrogen (secondary N) is 1. The zero-order chi connectivity index (χ0) is 29.2. The maximum absolute atomic E-state index is 16.0. The number of ether oxygens (including phenoxy) is 2. The summed E-state index contributed by atoms with van der Waals surface area (Å²) in [5.74, 6) is 0.267. The number of nitrogens with zero attached hydrogens (tertiary/aromatic N) is 5. The molecule has 13 nitrogen and oxygen atoms in total. The number of imidazole rings is 1. The molecule has 0 aliphatic carbocycles. The van der Waals surface area contributed by atoms with E-state index in [9.17, 15) is 9.90 Å². The van der Waals surface area contributed by atoms with Crippen LogP contribution in [-0.2, 0) is 30.6 Å². The number of hydrogen-bond donors (Lipinski definition) is 3. The molecule has 0 bridgehead atoms. The number of carbonyl (C=O) groups is 1. The Hall–Kier alpha value is -2.94. The molecule has 0 saturated carbocycles. The maximum Gasteiger partial charge on any atom is 0.323 e. The quantitative estimate of drug-likeness (QED) is 0.219. The molecule has 4 rings (SSSR count). The van der Waals surface area contributed by atoms with E-state index in [1.165, 1.54) is 17.8 Å². The molecule has 1 aromatic carbocycles. The van der Waals surface area contributed by atoms with Crippen LogP contribution in [0.2, 0.25) is 0 Å². The number of hydrogen-bond acceptors (Lipinski definition) is 12. The van der Waals surface area contributed by atoms with Crippen molar-refractivity contribution in [3.8, 4) is 5.75 Å². The molecule has 40 heavy (non-hydrogen) atoms. The van der Waals surface area contributed by atoms with Gasteiger partial charge in [0, 0.05) is 14.1 Å². The fraction of sp³-hybridized carbons (Fsp3) is 0.500. The standard InChI is InChI=1S/C24H33FN7O6PS/c1-6-35-21(34)14(2)30-39(40,38-15-10-8-7-9-11-15)36-12-16-18(33)24(3,25)22(37-16)32-13-27-17-19(31(4)5)28-23(26)29-20(17)32/h7-11,13-14,16,18,22,33H,6,12H2,1-5H3,(H,30,40)(H2,26,28,29)/t14-,16+,18+,22+,24+,39?/m0/s1. The highest BCUT2D eigenvalue weighted by molar-refractivity contribution is 8.09. The van der Waals surface area contributed by atoms with Crippen LogP contribution >= 0.6 is 6.64 Å². The first kappa shape index (κ1) is 30.0. The predicted octanol–water partition coefficient (Wildman–Crippen LogP) is 2.32. The molecule has 2 aromatic heterocycles. The molecule has 1 aliphatic rings. The molecule has 0 radical (unpaired) electrons. The van der Waals surface area contributed by atoms with Crippen LogP contribution in [0.4, 0.5) is 16.2 Å². The van der Waals surface area contributed by atoms with E-state index in [1.54, 1.807) is 63.2 Å². The second-order valence-electron chi connectivity index (χ2n) is 9.55. The highest BCUT2D eigenvalue weighted by Crippen LogP contribution is 2.48. The number of nitrogen functional groups attached to an aromatic ring is 1. The second-order valence-corrected chi connectivity index (χ2v) is 12.7. The summed E-state index contributed by atoms with van der Waals surface area (Å²) in [5, 5.41) is 13.8. The number of benzene rings is 1. The zero-order valence-corrected chi connectivity index (χ0v) is 24.4. The molecule has 0 amide bonds. The molecule has 1 fully saturated rings. The third-order valence-corrected chi connectivity index (χ3v) is 8.68. The van der Waals surface area contributed by atoms with Gasteiger partial charge in [-0.25, -0.2) is 14.5 Å². The maximum atomic E-state index is 16.0. The van der Waals surface area contributed by atoms with Gasteiger partial charge < -0.3 is 34.3 Å². The lowest BCUT2D eigenvalue weighted by molar-refractivity contribution is -0.144. The van der Waals surface area contributed by atoms with Gasteiger partial charge >= 0.3 is 12.6 Å². The number of aromatic nitrogens is 4. The first-order valence-electron chi connectivity index (χ1n) is 12.5. The minimum Gasteiger partial charge on any atom is -0.465 e. The summed E-state index contributed by atoms with van der Waals surface area (Å²) >= 11 is 5.69. The van der Waals surface area contributed by atoms with E-state index in [1.807, 2.05) is 0 Å². The van der Waals surface area contributed by atoms with Crippen LogP contribution in [0.3, 0.4) is 0 Å². The Morgan fingerprint density at radius 2 is 2.08 bits per heavy atom. The number of carbonyl (C=O) groups excluding carboxylic acids is 1. The number of fused-ring (bicyclic) bond motifs is 1. The monoisotopic (exact) mass is 597 g/mol. The van der Waals surface area contributed by atoms with E-state index in [4.69, 9.17) is 36.1 Å². The van der Waals surface area contributed by atoms with Crippen LogP contribution in [0.1, 0.15) is 27.0 Å². The summed E-state index contributed by atoms with van der Waals surface area (Å²) < 4.78 is 40.4. The van der Waals surface area contributed by atoms with E-state index < -0.39 is 42.8 Å². The lowest BCUT2D eigenvalue weighted by atomic mass is 9.98. The average molecular weight is 598 g/mol. The van der Waals surface area contributed by atoms with Crippen LogP contribution in [0, 0.1) is 0 Å². The average Bonchev–Trinajstić information content (AvgIpc) is 3.40. The van der Waals surface area contributed by atoms with Gasteiger partial charge in [0.25, 0.3) is 0 Å². The van der Waals surface area contributed by atoms with E-state index in [2.05, 4.69) is 20.0 Å². The van der Waals surface area contributed by atoms with Crippen LogP contribution in [0.25, 0.3) is 11.2 Å². The Kier molecular flexibility index (Phi) is 8.93. The van der Waals surface area contributed by atoms with Gasteiger partial charge in [-0.15, -0.1) is 0 Å². The number of anilines is 2. The lowest BCUT2D eigenvalue weighted by Crippen LogP contribution is -2.41. The molecule has 1 unspecified atom stereocenters. The Balaban J connectivity index is 1.58. The molecule has 218 valence electrons. The molecule has 16 heteroatoms. The number of aliphatic hydroxyl groups is 1. The number of aliphatic hydroxyl groups excluding tert-OH is 1. The molecule has 6 atom stereocenters. The Labute approximate surface area is 236 Å². The topological polar surface area (TPSA) is 159 Å². The highest BCUT2D eigenvalue weighted by Gasteiger charge is 2.56. The summed E-state index contributed by atoms with van der Waals surface area (Å²) in [6, 6.07) is 7.79. The lowest BCUT2D eigenvalue weighted by Gasteiger charge is -2.28. The number of para-hydroxylation sites is 1. The molecule has 1 saturated heterocycles. The van der Waals surface area contributed by atoms with E-state index in [0.717, 1.165) is 0 Å². The van der Waals surface area contributed by atoms with E-state index in [0.29, 0.717) is 17.1 Å². The normalized spacial score (nSPS) is 24.9. The van der Waals surface area contributed by atoms with Crippen molar-refractivity contribution in [3.63, 3.8) is 0 Å². The van der Waals surface area contributed by atoms with E-state index >= 15 is 4.39 Å². The molecular formula is C24H33FN7O6PS. The van der Waals surface area contributed by atoms with Crippen LogP contribution in [-0.4, -0.2) is 81.8 Å². The summed E-state index contributed by atoms with van der Waals surface area (Å²) in [5.41, 5.74) is 4.23. The number of esters is 1. The summed E-state index contributed by atoms with van der Waals surface area (Å²) in [4.78, 5) is 26.7. The van der Waals surface area contributed by atoms with Gasteiger partial charge in [0.2, 0.25) is 5.95 Å². The molecule has 3 aromatic rings. The van der Waals surface area contributed by atoms with Gasteiger partial charge in [0.05, 0.1) is 19.5 Å². The van der Waals surface area contributed by atoms with Crippen molar-refractivity contribution in [2.75, 3.05) is 37.9 Å². The van der Waals surface area contributed by atoms with Gasteiger partial charge in [-0.2, -0.15) is 9.97 Å². The summed E-state index contributed by atoms with van der Waals surface area (Å²) in [6.07, 6.45) is -2.75. The Morgan fingerprint density at radius 1 is 1.38 bits per heavy atom. The van der Waals surface area contributed by atoms with Crippen molar-refractivity contribution in [1.29, 1.82) is 0 Å². The van der Waals surface area contributed by atoms with Crippen LogP contribution in [0.15, 0.2) is 36.7 Å². The molecule has 0 spiro atoms. The minimum atomic E-state index is -3.43. The van der Waals surface area contributed by atoms with Crippen molar-refractivity contribution < 1.29 is 32.8 Å². The molecule has 1 aliphatic heterocycles. The third kappa shape index (κ3) is 6.19. The van der Waals surface area contributed by atoms with Gasteiger partial charge in [-0.3, -0.25) is 9.36 Å². The number of alkyl halides is 1. The van der Waals surface area contributed by atoms with Crippen molar-refractivity contribution in [1.82, 2.24) is 24.6 Å². The smallest absolute Gasteiger partial charge is 0.323 e. The fourth-order valence-corrected chi connectivity index (χ4v) is 6.61. The summed E-state index contributed by atoms with van der Waals surface area (Å²) in [6.45, 7) is 0.860. The summed E-state index contributed by atoms with van der Waals surface area (Å²) in [7, 11) is 3.53. The Morgan fingerprint density at radius 3 is 2.73 bits per heavy atom. The molecular weight excluding hydrogens is 564 g/mol. The van der Waals surface area contributed by atoms with Gasteiger partial charge in [-0.1, -0.05) is 18.2 Å². The SMILES string of the molecule is CCOC(=O)[C@H](C)NP(=S)(OC[C@H]1O[C@@H](n2cnc3c(N(C)C)nc(N)nc32)[C@](C)(F)[C@@H]1O)Oc1ccccc1. The Bertz CT molecular complexity index is 1390. The van der Waals surface area contributed by atoms with Gasteiger partial charge in [-0.05, 0) is 44.7 Å². The van der Waals surface area contributed by atoms with E-state index in [-0.39, 0.29) is 24.8 Å². The van der Waals surface area contributed by atoms with Gasteiger partial charge in [0.15, 0.2) is 28.9 Å². The largest absolute Gasteiger partial charge is 0.465 e. The predicted molar refractivity (Wildman–Crippen MR) is 150 cm³/mol. The van der Waals surface area contributed by atoms with Crippen molar-refractivity contribution in [2.24, 2.45) is 0 Å². The first-order chi connectivity index (χ1) is 18.9. The minimum absolute atomic E-state index is 0.0301. The highest BCUT2D eigenvalue weighted by atomic mass is 32.5. The van der Waals surface area contributed by atoms with Crippen molar-refractivity contribution in [2.45, 2.75) is 50.9 Å². The zero-order valence-electron chi connectivity index (χ0n) is 22.7. The van der Waals surface area contributed by atoms with Crippen molar-refractivity contribution in [3.05, 3.63) is 36.7 Å². The number of nitrogens with two attached hydrogens (primary N) is 1. The third-order valence-electron chi connectivity index (χ3n) is 6.18. The first-order valence-corrected chi connectivity index (χ1v) is 15.1. The number of rotatable bonds is 11. The number of halogens is 1. The molecule has 3 heterocycles. The van der Waals surface area contributed by atoms with Crippen LogP contribution < -0.4 is 20.2 Å². The van der Waals surface area contributed by atoms with Gasteiger partial charge in [0.1, 0.15) is 24.0 Å². The second kappa shape index (κ2) is 11.9. The van der Waals surface area contributed by atoms with Crippen LogP contribution in [0.5, 0.6) is 5.75 Å². The van der Waals surface area contributed by atoms with Crippen molar-refractivity contribution >= 4 is 47.3 Å².